The van der Waals surface area contributed by atoms with Crippen LogP contribution in [0.2, 0.25) is 0 Å². The largest absolute Gasteiger partial charge is 0.504 e. The Hall–Kier alpha value is -1.77. The van der Waals surface area contributed by atoms with Crippen LogP contribution < -0.4 is 0 Å². The van der Waals surface area contributed by atoms with Gasteiger partial charge in [-0.15, -0.1) is 0 Å². The van der Waals surface area contributed by atoms with E-state index in [1.807, 2.05) is 19.9 Å². The molecule has 1 heterocycles. The van der Waals surface area contributed by atoms with Gasteiger partial charge in [0.15, 0.2) is 11.5 Å². The summed E-state index contributed by atoms with van der Waals surface area (Å²) in [6, 6.07) is 4.94. The fraction of sp³-hybridized carbons (Fsp3) is 0.250. The molecule has 2 N–H and O–H groups in total. The first-order valence-corrected chi connectivity index (χ1v) is 4.90. The summed E-state index contributed by atoms with van der Waals surface area (Å²) < 4.78 is 0. The van der Waals surface area contributed by atoms with E-state index >= 15 is 0 Å². The lowest BCUT2D eigenvalue weighted by Gasteiger charge is -2.09. The van der Waals surface area contributed by atoms with Crippen molar-refractivity contribution in [2.45, 2.75) is 19.8 Å². The van der Waals surface area contributed by atoms with Gasteiger partial charge in [-0.05, 0) is 29.5 Å². The molecular formula is C12H13NO2. The maximum absolute atomic E-state index is 9.45. The van der Waals surface area contributed by atoms with Gasteiger partial charge < -0.3 is 10.2 Å². The number of hydrogen-bond donors (Lipinski definition) is 2. The van der Waals surface area contributed by atoms with Crippen LogP contribution in [0.5, 0.6) is 11.5 Å². The molecule has 0 aliphatic carbocycles. The summed E-state index contributed by atoms with van der Waals surface area (Å²) in [6.07, 6.45) is 1.72. The normalized spacial score (nSPS) is 11.1. The van der Waals surface area contributed by atoms with Crippen molar-refractivity contribution in [2.75, 3.05) is 0 Å². The fourth-order valence-corrected chi connectivity index (χ4v) is 1.68. The van der Waals surface area contributed by atoms with Gasteiger partial charge in [-0.3, -0.25) is 4.98 Å². The van der Waals surface area contributed by atoms with E-state index in [9.17, 15) is 10.2 Å². The zero-order valence-electron chi connectivity index (χ0n) is 8.73. The molecule has 0 aliphatic heterocycles. The molecule has 0 amide bonds. The molecule has 0 fully saturated rings. The Morgan fingerprint density at radius 2 is 1.80 bits per heavy atom. The van der Waals surface area contributed by atoms with E-state index in [-0.39, 0.29) is 17.4 Å². The minimum atomic E-state index is -0.0996. The Balaban J connectivity index is 2.80. The molecule has 3 heteroatoms. The van der Waals surface area contributed by atoms with Gasteiger partial charge in [-0.2, -0.15) is 0 Å². The van der Waals surface area contributed by atoms with E-state index in [1.54, 1.807) is 18.3 Å². The van der Waals surface area contributed by atoms with Crippen LogP contribution in [0.15, 0.2) is 24.4 Å². The molecule has 0 bridgehead atoms. The van der Waals surface area contributed by atoms with Crippen LogP contribution in [0.3, 0.4) is 0 Å². The lowest BCUT2D eigenvalue weighted by atomic mass is 10.0. The number of aromatic nitrogens is 1. The van der Waals surface area contributed by atoms with Crippen molar-refractivity contribution in [3.05, 3.63) is 30.1 Å². The highest BCUT2D eigenvalue weighted by Gasteiger charge is 2.09. The molecule has 1 aromatic heterocycles. The highest BCUT2D eigenvalue weighted by Crippen LogP contribution is 2.32. The third-order valence-electron chi connectivity index (χ3n) is 2.44. The number of hydrogen-bond acceptors (Lipinski definition) is 3. The molecule has 2 rings (SSSR count). The zero-order chi connectivity index (χ0) is 11.0. The molecule has 0 unspecified atom stereocenters. The first-order chi connectivity index (χ1) is 7.09. The van der Waals surface area contributed by atoms with Crippen LogP contribution in [-0.4, -0.2) is 15.2 Å². The topological polar surface area (TPSA) is 53.4 Å². The predicted octanol–water partition coefficient (Wildman–Crippen LogP) is 2.77. The molecule has 0 saturated carbocycles. The van der Waals surface area contributed by atoms with Crippen molar-refractivity contribution < 1.29 is 10.2 Å². The number of fused-ring (bicyclic) bond motifs is 1. The average molecular weight is 203 g/mol. The van der Waals surface area contributed by atoms with Gasteiger partial charge in [0, 0.05) is 11.6 Å². The smallest absolute Gasteiger partial charge is 0.158 e. The Kier molecular flexibility index (Phi) is 2.23. The lowest BCUT2D eigenvalue weighted by molar-refractivity contribution is 0.405. The van der Waals surface area contributed by atoms with Crippen LogP contribution in [0, 0.1) is 0 Å². The zero-order valence-corrected chi connectivity index (χ0v) is 8.73. The van der Waals surface area contributed by atoms with E-state index in [0.717, 1.165) is 16.5 Å². The SMILES string of the molecule is CC(C)c1nccc2cc(O)c(O)cc12. The Morgan fingerprint density at radius 3 is 2.47 bits per heavy atom. The number of rotatable bonds is 1. The summed E-state index contributed by atoms with van der Waals surface area (Å²) in [7, 11) is 0. The minimum absolute atomic E-state index is 0.0941. The molecular weight excluding hydrogens is 190 g/mol. The lowest BCUT2D eigenvalue weighted by Crippen LogP contribution is -1.93. The van der Waals surface area contributed by atoms with Gasteiger partial charge in [0.25, 0.3) is 0 Å². The van der Waals surface area contributed by atoms with Crippen molar-refractivity contribution in [2.24, 2.45) is 0 Å². The number of aromatic hydroxyl groups is 2. The first kappa shape index (κ1) is 9.77. The third kappa shape index (κ3) is 1.61. The van der Waals surface area contributed by atoms with Gasteiger partial charge in [0.05, 0.1) is 5.69 Å². The molecule has 0 atom stereocenters. The number of benzene rings is 1. The summed E-state index contributed by atoms with van der Waals surface area (Å²) in [6.45, 7) is 4.09. The molecule has 15 heavy (non-hydrogen) atoms. The monoisotopic (exact) mass is 203 g/mol. The fourth-order valence-electron chi connectivity index (χ4n) is 1.68. The summed E-state index contributed by atoms with van der Waals surface area (Å²) >= 11 is 0. The second-order valence-electron chi connectivity index (χ2n) is 3.91. The maximum atomic E-state index is 9.45. The Morgan fingerprint density at radius 1 is 1.13 bits per heavy atom. The van der Waals surface area contributed by atoms with Crippen molar-refractivity contribution in [3.8, 4) is 11.5 Å². The van der Waals surface area contributed by atoms with Crippen LogP contribution in [-0.2, 0) is 0 Å². The van der Waals surface area contributed by atoms with Gasteiger partial charge >= 0.3 is 0 Å². The minimum Gasteiger partial charge on any atom is -0.504 e. The molecule has 3 nitrogen and oxygen atoms in total. The Labute approximate surface area is 88.0 Å². The number of nitrogens with zero attached hydrogens (tertiary/aromatic N) is 1. The van der Waals surface area contributed by atoms with Gasteiger partial charge in [0.2, 0.25) is 0 Å². The van der Waals surface area contributed by atoms with Gasteiger partial charge in [-0.1, -0.05) is 13.8 Å². The van der Waals surface area contributed by atoms with E-state index < -0.39 is 0 Å². The molecule has 78 valence electrons. The van der Waals surface area contributed by atoms with Crippen molar-refractivity contribution in [1.82, 2.24) is 4.98 Å². The summed E-state index contributed by atoms with van der Waals surface area (Å²) in [5.41, 5.74) is 0.933. The van der Waals surface area contributed by atoms with E-state index in [4.69, 9.17) is 0 Å². The molecule has 0 aliphatic rings. The second-order valence-corrected chi connectivity index (χ2v) is 3.91. The van der Waals surface area contributed by atoms with Crippen LogP contribution in [0.4, 0.5) is 0 Å². The van der Waals surface area contributed by atoms with Gasteiger partial charge in [-0.25, -0.2) is 0 Å². The summed E-state index contributed by atoms with van der Waals surface area (Å²) in [5.74, 6) is 0.0958. The second kappa shape index (κ2) is 3.42. The standard InChI is InChI=1S/C12H13NO2/c1-7(2)12-9-6-11(15)10(14)5-8(9)3-4-13-12/h3-7,14-15H,1-2H3. The highest BCUT2D eigenvalue weighted by atomic mass is 16.3. The quantitative estimate of drug-likeness (QED) is 0.701. The van der Waals surface area contributed by atoms with Crippen molar-refractivity contribution >= 4 is 10.8 Å². The summed E-state index contributed by atoms with van der Waals surface area (Å²) in [4.78, 5) is 4.28. The van der Waals surface area contributed by atoms with E-state index in [1.165, 1.54) is 0 Å². The molecule has 0 saturated heterocycles. The van der Waals surface area contributed by atoms with Crippen LogP contribution in [0.1, 0.15) is 25.5 Å². The molecule has 0 spiro atoms. The Bertz CT molecular complexity index is 506. The molecule has 0 radical (unpaired) electrons. The van der Waals surface area contributed by atoms with E-state index in [2.05, 4.69) is 4.98 Å². The van der Waals surface area contributed by atoms with Crippen molar-refractivity contribution in [3.63, 3.8) is 0 Å². The first-order valence-electron chi connectivity index (χ1n) is 4.90. The summed E-state index contributed by atoms with van der Waals surface area (Å²) in [5, 5.41) is 20.6. The highest BCUT2D eigenvalue weighted by molar-refractivity contribution is 5.87. The van der Waals surface area contributed by atoms with Crippen LogP contribution in [0.25, 0.3) is 10.8 Å². The number of phenolic OH excluding ortho intramolecular Hbond substituents is 2. The van der Waals surface area contributed by atoms with Gasteiger partial charge in [0.1, 0.15) is 0 Å². The number of phenols is 2. The average Bonchev–Trinajstić information content (AvgIpc) is 2.18. The van der Waals surface area contributed by atoms with E-state index in [0.29, 0.717) is 0 Å². The molecule has 1 aromatic carbocycles. The van der Waals surface area contributed by atoms with Crippen LogP contribution >= 0.6 is 0 Å². The van der Waals surface area contributed by atoms with Crippen molar-refractivity contribution in [1.29, 1.82) is 0 Å². The molecule has 2 aromatic rings. The predicted molar refractivity (Wildman–Crippen MR) is 59.2 cm³/mol. The maximum Gasteiger partial charge on any atom is 0.158 e. The number of pyridine rings is 1. The third-order valence-corrected chi connectivity index (χ3v) is 2.44.